The first-order chi connectivity index (χ1) is 13.6. The van der Waals surface area contributed by atoms with Crippen LogP contribution in [0.15, 0.2) is 0 Å². The van der Waals surface area contributed by atoms with Gasteiger partial charge in [0.25, 0.3) is 0 Å². The summed E-state index contributed by atoms with van der Waals surface area (Å²) < 4.78 is 0. The largest absolute Gasteiger partial charge is 0.480 e. The summed E-state index contributed by atoms with van der Waals surface area (Å²) in [6.07, 6.45) is -6.39. The number of aliphatic hydroxyl groups excluding tert-OH is 6. The number of carboxylic acids is 3. The molecule has 0 fully saturated rings. The molecule has 0 bridgehead atoms. The minimum absolute atomic E-state index is 0.0208. The van der Waals surface area contributed by atoms with E-state index in [4.69, 9.17) is 51.7 Å². The van der Waals surface area contributed by atoms with Crippen molar-refractivity contribution in [3.63, 3.8) is 0 Å². The monoisotopic (exact) mass is 449 g/mol. The normalized spacial score (nSPS) is 14.8. The van der Waals surface area contributed by atoms with Gasteiger partial charge in [-0.25, -0.2) is 0 Å². The van der Waals surface area contributed by atoms with Gasteiger partial charge in [0.15, 0.2) is 0 Å². The third-order valence-electron chi connectivity index (χ3n) is 2.87. The summed E-state index contributed by atoms with van der Waals surface area (Å²) in [6.45, 7) is 1.55. The van der Waals surface area contributed by atoms with E-state index in [9.17, 15) is 14.4 Å². The van der Waals surface area contributed by atoms with Gasteiger partial charge in [-0.05, 0) is 5.92 Å². The van der Waals surface area contributed by atoms with Crippen LogP contribution in [0.4, 0.5) is 0 Å². The van der Waals surface area contributed by atoms with E-state index in [1.54, 1.807) is 13.8 Å². The van der Waals surface area contributed by atoms with Crippen LogP contribution in [-0.4, -0.2) is 121 Å². The molecule has 182 valence electrons. The van der Waals surface area contributed by atoms with E-state index in [0.29, 0.717) is 0 Å². The fourth-order valence-corrected chi connectivity index (χ4v) is 0.956. The highest BCUT2D eigenvalue weighted by Gasteiger charge is 2.29. The highest BCUT2D eigenvalue weighted by Crippen LogP contribution is 2.04. The number of hydrogen-bond acceptors (Lipinski definition) is 12. The van der Waals surface area contributed by atoms with Crippen LogP contribution in [0.25, 0.3) is 0 Å². The standard InChI is InChI=1S/C6H14O6.C5H11NO2.2C2H5NO2/c7-1-3(9)5(11)6(12)4(10)2-8;1-3(2)4(6)5(7)8;2*3-1-2(4)5/h3-12H,1-2H2;3-4H,6H2,1-2H3,(H,7,8);2*1,3H2,(H,4,5)/t3-,4+,5-,6-;4-;;/m10../s1. The van der Waals surface area contributed by atoms with E-state index >= 15 is 0 Å². The zero-order valence-corrected chi connectivity index (χ0v) is 16.8. The van der Waals surface area contributed by atoms with E-state index in [1.807, 2.05) is 0 Å². The first-order valence-electron chi connectivity index (χ1n) is 8.40. The maximum atomic E-state index is 10.0. The molecule has 0 saturated heterocycles. The van der Waals surface area contributed by atoms with Crippen LogP contribution in [0.3, 0.4) is 0 Å². The number of nitrogens with two attached hydrogens (primary N) is 3. The van der Waals surface area contributed by atoms with Crippen LogP contribution in [0, 0.1) is 5.92 Å². The van der Waals surface area contributed by atoms with Gasteiger partial charge in [0.1, 0.15) is 30.5 Å². The molecule has 0 aliphatic carbocycles. The van der Waals surface area contributed by atoms with Crippen LogP contribution in [0.5, 0.6) is 0 Å². The van der Waals surface area contributed by atoms with Gasteiger partial charge >= 0.3 is 17.9 Å². The molecular formula is C15H35N3O12. The van der Waals surface area contributed by atoms with Gasteiger partial charge in [0, 0.05) is 0 Å². The summed E-state index contributed by atoms with van der Waals surface area (Å²) >= 11 is 0. The van der Waals surface area contributed by atoms with E-state index in [-0.39, 0.29) is 19.0 Å². The molecule has 30 heavy (non-hydrogen) atoms. The van der Waals surface area contributed by atoms with Crippen molar-refractivity contribution in [3.8, 4) is 0 Å². The molecule has 0 aliphatic heterocycles. The highest BCUT2D eigenvalue weighted by atomic mass is 16.4. The summed E-state index contributed by atoms with van der Waals surface area (Å²) in [5, 5.41) is 75.6. The molecule has 0 aromatic carbocycles. The van der Waals surface area contributed by atoms with Crippen molar-refractivity contribution in [1.82, 2.24) is 0 Å². The fraction of sp³-hybridized carbons (Fsp3) is 0.800. The van der Waals surface area contributed by atoms with Crippen molar-refractivity contribution in [2.75, 3.05) is 26.3 Å². The summed E-state index contributed by atoms with van der Waals surface area (Å²) in [4.78, 5) is 28.5. The van der Waals surface area contributed by atoms with Crippen molar-refractivity contribution >= 4 is 17.9 Å². The lowest BCUT2D eigenvalue weighted by Crippen LogP contribution is -2.46. The molecule has 0 amide bonds. The molecule has 0 radical (unpaired) electrons. The van der Waals surface area contributed by atoms with Gasteiger partial charge in [-0.1, -0.05) is 13.8 Å². The summed E-state index contributed by atoms with van der Waals surface area (Å²) in [5.74, 6) is -2.84. The van der Waals surface area contributed by atoms with Crippen molar-refractivity contribution in [1.29, 1.82) is 0 Å². The molecule has 0 spiro atoms. The Kier molecular flexibility index (Phi) is 25.7. The Morgan fingerprint density at radius 3 is 1.03 bits per heavy atom. The van der Waals surface area contributed by atoms with Crippen molar-refractivity contribution in [3.05, 3.63) is 0 Å². The second kappa shape index (κ2) is 21.8. The quantitative estimate of drug-likeness (QED) is 0.156. The molecule has 15 N–H and O–H groups in total. The van der Waals surface area contributed by atoms with Crippen LogP contribution in [0.1, 0.15) is 13.8 Å². The molecule has 0 unspecified atom stereocenters. The molecule has 0 saturated carbocycles. The van der Waals surface area contributed by atoms with Crippen molar-refractivity contribution < 1.29 is 60.3 Å². The molecular weight excluding hydrogens is 414 g/mol. The summed E-state index contributed by atoms with van der Waals surface area (Å²) in [7, 11) is 0. The predicted molar refractivity (Wildman–Crippen MR) is 102 cm³/mol. The Hall–Kier alpha value is -1.95. The van der Waals surface area contributed by atoms with Crippen molar-refractivity contribution in [2.24, 2.45) is 23.1 Å². The van der Waals surface area contributed by atoms with Crippen molar-refractivity contribution in [2.45, 2.75) is 44.3 Å². The van der Waals surface area contributed by atoms with Crippen LogP contribution in [0.2, 0.25) is 0 Å². The van der Waals surface area contributed by atoms with Crippen LogP contribution >= 0.6 is 0 Å². The van der Waals surface area contributed by atoms with Gasteiger partial charge in [-0.2, -0.15) is 0 Å². The average molecular weight is 449 g/mol. The second-order valence-electron chi connectivity index (χ2n) is 5.78. The van der Waals surface area contributed by atoms with Gasteiger partial charge < -0.3 is 63.2 Å². The Labute approximate surface area is 173 Å². The SMILES string of the molecule is CC(C)[C@H](N)C(=O)O.NCC(=O)O.NCC(=O)O.OC[C@@H](O)[C@@H](O)[C@H](O)[C@@H](O)CO. The molecule has 15 heteroatoms. The molecule has 0 rings (SSSR count). The zero-order valence-electron chi connectivity index (χ0n) is 16.8. The number of carbonyl (C=O) groups is 3. The molecule has 0 aromatic heterocycles. The van der Waals surface area contributed by atoms with Crippen LogP contribution < -0.4 is 17.2 Å². The first kappa shape index (κ1) is 35.5. The number of aliphatic hydroxyl groups is 6. The Morgan fingerprint density at radius 2 is 0.967 bits per heavy atom. The van der Waals surface area contributed by atoms with E-state index < -0.39 is 61.6 Å². The fourth-order valence-electron chi connectivity index (χ4n) is 0.956. The molecule has 15 nitrogen and oxygen atoms in total. The van der Waals surface area contributed by atoms with E-state index in [0.717, 1.165) is 0 Å². The zero-order chi connectivity index (χ0) is 25.0. The Morgan fingerprint density at radius 1 is 0.733 bits per heavy atom. The smallest absolute Gasteiger partial charge is 0.320 e. The minimum atomic E-state index is -1.67. The Balaban J connectivity index is -0.000000162. The van der Waals surface area contributed by atoms with Gasteiger partial charge in [-0.15, -0.1) is 0 Å². The average Bonchev–Trinajstić information content (AvgIpc) is 2.71. The molecule has 5 atom stereocenters. The molecule has 0 aromatic rings. The lowest BCUT2D eigenvalue weighted by Gasteiger charge is -2.24. The second-order valence-corrected chi connectivity index (χ2v) is 5.78. The topological polar surface area (TPSA) is 311 Å². The minimum Gasteiger partial charge on any atom is -0.480 e. The summed E-state index contributed by atoms with van der Waals surface area (Å²) in [5.41, 5.74) is 14.3. The lowest BCUT2D eigenvalue weighted by molar-refractivity contribution is -0.139. The van der Waals surface area contributed by atoms with Gasteiger partial charge in [0.2, 0.25) is 0 Å². The first-order valence-corrected chi connectivity index (χ1v) is 8.40. The number of carboxylic acid groups (broad SMARTS) is 3. The number of rotatable bonds is 9. The van der Waals surface area contributed by atoms with Gasteiger partial charge in [-0.3, -0.25) is 14.4 Å². The third-order valence-corrected chi connectivity index (χ3v) is 2.87. The summed E-state index contributed by atoms with van der Waals surface area (Å²) in [6, 6.07) is -0.713. The number of aliphatic carboxylic acids is 3. The molecule has 0 heterocycles. The van der Waals surface area contributed by atoms with Crippen LogP contribution in [-0.2, 0) is 14.4 Å². The van der Waals surface area contributed by atoms with E-state index in [2.05, 4.69) is 11.5 Å². The highest BCUT2D eigenvalue weighted by molar-refractivity contribution is 5.73. The predicted octanol–water partition coefficient (Wildman–Crippen LogP) is -5.47. The lowest BCUT2D eigenvalue weighted by atomic mass is 10.0. The maximum absolute atomic E-state index is 10.0. The maximum Gasteiger partial charge on any atom is 0.320 e. The number of hydrogen-bond donors (Lipinski definition) is 12. The Bertz CT molecular complexity index is 425. The molecule has 0 aliphatic rings. The third kappa shape index (κ3) is 24.1. The van der Waals surface area contributed by atoms with Gasteiger partial charge in [0.05, 0.1) is 26.3 Å². The van der Waals surface area contributed by atoms with E-state index in [1.165, 1.54) is 0 Å².